The normalized spacial score (nSPS) is 20.1. The number of nitrogens with two attached hydrogens (primary N) is 1. The lowest BCUT2D eigenvalue weighted by molar-refractivity contribution is 0.217. The number of rotatable bonds is 7. The number of fused-ring (bicyclic) bond motifs is 1. The van der Waals surface area contributed by atoms with E-state index in [1.165, 1.54) is 18.6 Å². The zero-order valence-electron chi connectivity index (χ0n) is 17.6. The van der Waals surface area contributed by atoms with Crippen LogP contribution in [0.5, 0.6) is 5.75 Å². The first-order chi connectivity index (χ1) is 14.8. The molecule has 0 spiro atoms. The Labute approximate surface area is 177 Å². The highest BCUT2D eigenvalue weighted by Gasteiger charge is 2.37. The summed E-state index contributed by atoms with van der Waals surface area (Å²) in [4.78, 5) is 29.2. The van der Waals surface area contributed by atoms with Gasteiger partial charge in [-0.2, -0.15) is 0 Å². The first-order valence-electron chi connectivity index (χ1n) is 10.5. The van der Waals surface area contributed by atoms with E-state index in [0.29, 0.717) is 19.5 Å². The van der Waals surface area contributed by atoms with Gasteiger partial charge in [-0.25, -0.2) is 9.18 Å². The molecule has 2 aromatic rings. The monoisotopic (exact) mass is 440 g/mol. The van der Waals surface area contributed by atoms with E-state index in [1.807, 2.05) is 0 Å². The van der Waals surface area contributed by atoms with E-state index in [-0.39, 0.29) is 39.9 Å². The molecule has 2 aliphatic rings. The van der Waals surface area contributed by atoms with Crippen LogP contribution in [0.4, 0.5) is 18.9 Å². The van der Waals surface area contributed by atoms with Gasteiger partial charge in [-0.3, -0.25) is 23.1 Å². The number of halogens is 3. The van der Waals surface area contributed by atoms with E-state index in [1.54, 1.807) is 4.90 Å². The molecule has 4 rings (SSSR count). The summed E-state index contributed by atoms with van der Waals surface area (Å²) in [5.74, 6) is -1.61. The van der Waals surface area contributed by atoms with Gasteiger partial charge >= 0.3 is 5.69 Å². The fourth-order valence-corrected chi connectivity index (χ4v) is 4.71. The van der Waals surface area contributed by atoms with Crippen molar-refractivity contribution in [3.05, 3.63) is 32.2 Å². The number of hydrogen-bond donors (Lipinski definition) is 2. The number of aryl methyl sites for hydroxylation is 1. The molecule has 1 saturated heterocycles. The van der Waals surface area contributed by atoms with Crippen LogP contribution in [-0.2, 0) is 0 Å². The third kappa shape index (κ3) is 3.50. The standard InChI is InChI=1S/C21H27F3N4O3/c1-10-14-17(28(13-3-4-13)21(30)26-20(14)29)19(31-2)18(15(10)24)27-6-5-11(9-27)16(25)12(7-22)8-23/h11-13,16H,3-9,25H2,1-2H3,(H,26,29,30). The molecule has 1 aliphatic carbocycles. The predicted molar refractivity (Wildman–Crippen MR) is 112 cm³/mol. The van der Waals surface area contributed by atoms with Crippen molar-refractivity contribution in [1.82, 2.24) is 9.55 Å². The molecule has 3 N–H and O–H groups in total. The first kappa shape index (κ1) is 21.7. The summed E-state index contributed by atoms with van der Waals surface area (Å²) in [6, 6.07) is -0.767. The topological polar surface area (TPSA) is 93.3 Å². The average Bonchev–Trinajstić information content (AvgIpc) is 3.46. The van der Waals surface area contributed by atoms with Gasteiger partial charge in [0.05, 0.1) is 25.8 Å². The van der Waals surface area contributed by atoms with Crippen molar-refractivity contribution in [2.45, 2.75) is 38.3 Å². The van der Waals surface area contributed by atoms with E-state index in [4.69, 9.17) is 10.5 Å². The van der Waals surface area contributed by atoms with E-state index in [2.05, 4.69) is 4.98 Å². The number of benzene rings is 1. The largest absolute Gasteiger partial charge is 0.492 e. The Morgan fingerprint density at radius 2 is 1.90 bits per heavy atom. The van der Waals surface area contributed by atoms with Gasteiger partial charge in [0, 0.05) is 36.7 Å². The highest BCUT2D eigenvalue weighted by Crippen LogP contribution is 2.45. The molecule has 7 nitrogen and oxygen atoms in total. The van der Waals surface area contributed by atoms with Crippen molar-refractivity contribution in [2.75, 3.05) is 38.4 Å². The number of H-pyrrole nitrogens is 1. The molecule has 2 fully saturated rings. The van der Waals surface area contributed by atoms with Crippen LogP contribution in [0, 0.1) is 24.6 Å². The molecule has 0 bridgehead atoms. The third-order valence-electron chi connectivity index (χ3n) is 6.63. The van der Waals surface area contributed by atoms with Crippen LogP contribution in [0.1, 0.15) is 30.9 Å². The fraction of sp³-hybridized carbons (Fsp3) is 0.619. The zero-order chi connectivity index (χ0) is 22.4. The number of ether oxygens (including phenoxy) is 1. The van der Waals surface area contributed by atoms with Crippen LogP contribution in [0.15, 0.2) is 9.59 Å². The molecule has 0 radical (unpaired) electrons. The Hall–Kier alpha value is -2.49. The second-order valence-electron chi connectivity index (χ2n) is 8.55. The predicted octanol–water partition coefficient (Wildman–Crippen LogP) is 2.19. The van der Waals surface area contributed by atoms with Gasteiger partial charge in [0.1, 0.15) is 11.2 Å². The second-order valence-corrected chi connectivity index (χ2v) is 8.55. The maximum atomic E-state index is 15.6. The molecule has 2 unspecified atom stereocenters. The third-order valence-corrected chi connectivity index (χ3v) is 6.63. The van der Waals surface area contributed by atoms with Gasteiger partial charge in [0.15, 0.2) is 11.6 Å². The maximum absolute atomic E-state index is 15.6. The highest BCUT2D eigenvalue weighted by atomic mass is 19.1. The lowest BCUT2D eigenvalue weighted by Crippen LogP contribution is -2.41. The maximum Gasteiger partial charge on any atom is 0.329 e. The molecular weight excluding hydrogens is 413 g/mol. The summed E-state index contributed by atoms with van der Waals surface area (Å²) in [6.45, 7) is 0.513. The first-order valence-corrected chi connectivity index (χ1v) is 10.5. The molecule has 170 valence electrons. The fourth-order valence-electron chi connectivity index (χ4n) is 4.71. The summed E-state index contributed by atoms with van der Waals surface area (Å²) in [5, 5.41) is 0.0898. The summed E-state index contributed by atoms with van der Waals surface area (Å²) < 4.78 is 48.9. The van der Waals surface area contributed by atoms with Crippen LogP contribution in [-0.4, -0.2) is 49.1 Å². The van der Waals surface area contributed by atoms with Gasteiger partial charge in [0.25, 0.3) is 5.56 Å². The van der Waals surface area contributed by atoms with Crippen LogP contribution >= 0.6 is 0 Å². The number of aromatic nitrogens is 2. The van der Waals surface area contributed by atoms with Crippen LogP contribution in [0.2, 0.25) is 0 Å². The minimum atomic E-state index is -0.895. The van der Waals surface area contributed by atoms with Gasteiger partial charge in [0.2, 0.25) is 0 Å². The van der Waals surface area contributed by atoms with E-state index < -0.39 is 42.4 Å². The van der Waals surface area contributed by atoms with Crippen LogP contribution in [0.25, 0.3) is 10.9 Å². The Morgan fingerprint density at radius 3 is 2.48 bits per heavy atom. The van der Waals surface area contributed by atoms with E-state index in [9.17, 15) is 18.4 Å². The van der Waals surface area contributed by atoms with Gasteiger partial charge in [-0.15, -0.1) is 0 Å². The van der Waals surface area contributed by atoms with E-state index >= 15 is 4.39 Å². The minimum Gasteiger partial charge on any atom is -0.492 e. The number of hydrogen-bond acceptors (Lipinski definition) is 5. The number of alkyl halides is 2. The Balaban J connectivity index is 1.86. The van der Waals surface area contributed by atoms with Crippen molar-refractivity contribution < 1.29 is 17.9 Å². The van der Waals surface area contributed by atoms with Crippen molar-refractivity contribution in [2.24, 2.45) is 17.6 Å². The molecule has 0 amide bonds. The smallest absolute Gasteiger partial charge is 0.329 e. The molecule has 1 aromatic carbocycles. The average molecular weight is 440 g/mol. The van der Waals surface area contributed by atoms with Gasteiger partial charge < -0.3 is 15.4 Å². The molecule has 2 heterocycles. The SMILES string of the molecule is COc1c(N2CCC(C(N)C(CF)CF)C2)c(F)c(C)c2c(=O)[nH]c(=O)n(C3CC3)c12. The minimum absolute atomic E-state index is 0.0759. The molecule has 1 aromatic heterocycles. The van der Waals surface area contributed by atoms with Crippen molar-refractivity contribution in [3.63, 3.8) is 0 Å². The summed E-state index contributed by atoms with van der Waals surface area (Å²) in [6.07, 6.45) is 2.11. The number of nitrogens with zero attached hydrogens (tertiary/aromatic N) is 2. The Bertz CT molecular complexity index is 1110. The second kappa shape index (κ2) is 8.22. The summed E-state index contributed by atoms with van der Waals surface area (Å²) >= 11 is 0. The highest BCUT2D eigenvalue weighted by molar-refractivity contribution is 5.93. The summed E-state index contributed by atoms with van der Waals surface area (Å²) in [5.41, 5.74) is 5.45. The van der Waals surface area contributed by atoms with Crippen molar-refractivity contribution in [1.29, 1.82) is 0 Å². The molecule has 1 aliphatic heterocycles. The molecule has 10 heteroatoms. The lowest BCUT2D eigenvalue weighted by atomic mass is 9.90. The Morgan fingerprint density at radius 1 is 1.23 bits per heavy atom. The Kier molecular flexibility index (Phi) is 5.76. The quantitative estimate of drug-likeness (QED) is 0.689. The number of methoxy groups -OCH3 is 1. The summed E-state index contributed by atoms with van der Waals surface area (Å²) in [7, 11) is 1.37. The van der Waals surface area contributed by atoms with Gasteiger partial charge in [-0.1, -0.05) is 0 Å². The number of aromatic amines is 1. The lowest BCUT2D eigenvalue weighted by Gasteiger charge is -2.27. The van der Waals surface area contributed by atoms with Crippen molar-refractivity contribution in [3.8, 4) is 5.75 Å². The number of anilines is 1. The zero-order valence-corrected chi connectivity index (χ0v) is 17.6. The van der Waals surface area contributed by atoms with Crippen molar-refractivity contribution >= 4 is 16.6 Å². The molecule has 31 heavy (non-hydrogen) atoms. The molecule has 2 atom stereocenters. The van der Waals surface area contributed by atoms with Gasteiger partial charge in [-0.05, 0) is 32.1 Å². The van der Waals surface area contributed by atoms with Crippen LogP contribution in [0.3, 0.4) is 0 Å². The molecular formula is C21H27F3N4O3. The number of nitrogens with one attached hydrogen (secondary N) is 1. The van der Waals surface area contributed by atoms with E-state index in [0.717, 1.165) is 12.8 Å². The van der Waals surface area contributed by atoms with Crippen LogP contribution < -0.4 is 26.6 Å². The molecule has 1 saturated carbocycles.